The summed E-state index contributed by atoms with van der Waals surface area (Å²) in [6, 6.07) is 38.3. The molecule has 0 N–H and O–H groups in total. The fraction of sp³-hybridized carbons (Fsp3) is 0.235. The summed E-state index contributed by atoms with van der Waals surface area (Å²) < 4.78 is 12.0. The first-order valence-corrected chi connectivity index (χ1v) is 13.1. The van der Waals surface area contributed by atoms with Crippen molar-refractivity contribution in [1.82, 2.24) is 0 Å². The maximum atomic E-state index is 6.04. The second kappa shape index (κ2) is 10.1. The van der Waals surface area contributed by atoms with Gasteiger partial charge in [-0.05, 0) is 77.8 Å². The summed E-state index contributed by atoms with van der Waals surface area (Å²) in [5.41, 5.74) is 8.55. The van der Waals surface area contributed by atoms with E-state index < -0.39 is 0 Å². The number of allylic oxidation sites excluding steroid dienone is 2. The summed E-state index contributed by atoms with van der Waals surface area (Å²) in [4.78, 5) is 0. The lowest BCUT2D eigenvalue weighted by molar-refractivity contribution is 0.280. The van der Waals surface area contributed by atoms with E-state index in [-0.39, 0.29) is 5.41 Å². The van der Waals surface area contributed by atoms with E-state index in [4.69, 9.17) is 9.47 Å². The molecule has 2 heteroatoms. The number of rotatable bonds is 9. The third-order valence-corrected chi connectivity index (χ3v) is 7.88. The van der Waals surface area contributed by atoms with E-state index >= 15 is 0 Å². The molecule has 2 aliphatic rings. The Labute approximate surface area is 214 Å². The molecule has 2 nitrogen and oxygen atoms in total. The van der Waals surface area contributed by atoms with Gasteiger partial charge in [-0.2, -0.15) is 0 Å². The number of benzene rings is 4. The molecule has 0 aromatic heterocycles. The van der Waals surface area contributed by atoms with Crippen molar-refractivity contribution < 1.29 is 9.47 Å². The van der Waals surface area contributed by atoms with Crippen LogP contribution in [0.1, 0.15) is 54.4 Å². The fourth-order valence-electron chi connectivity index (χ4n) is 5.62. The van der Waals surface area contributed by atoms with Crippen LogP contribution in [0.4, 0.5) is 0 Å². The third kappa shape index (κ3) is 4.56. The van der Waals surface area contributed by atoms with Gasteiger partial charge in [0.05, 0.1) is 0 Å². The first-order chi connectivity index (χ1) is 17.8. The number of ether oxygens (including phenoxy) is 2. The Morgan fingerprint density at radius 3 is 1.53 bits per heavy atom. The van der Waals surface area contributed by atoms with Crippen molar-refractivity contribution in [3.8, 4) is 11.5 Å². The molecule has 0 radical (unpaired) electrons. The van der Waals surface area contributed by atoms with Crippen LogP contribution in [0, 0.1) is 0 Å². The van der Waals surface area contributed by atoms with E-state index in [0.717, 1.165) is 11.5 Å². The largest absolute Gasteiger partial charge is 0.489 e. The summed E-state index contributed by atoms with van der Waals surface area (Å²) in [5.74, 6) is 1.86. The molecular formula is C34H32O2. The van der Waals surface area contributed by atoms with E-state index in [1.807, 2.05) is 24.3 Å². The highest BCUT2D eigenvalue weighted by Crippen LogP contribution is 2.57. The summed E-state index contributed by atoms with van der Waals surface area (Å²) in [6.45, 7) is 1.20. The standard InChI is InChI=1S/C34H32O2/c1-3-8-26(9-4-1)24-35-30-16-12-28(13-17-30)32-20-21-33(32)34(22-7-23-34)29-14-18-31(19-15-29)36-25-27-10-5-2-6-11-27/h1-6,8-19H,7,20-25H2. The minimum atomic E-state index is 0.202. The topological polar surface area (TPSA) is 18.5 Å². The van der Waals surface area contributed by atoms with Gasteiger partial charge in [0.1, 0.15) is 24.7 Å². The van der Waals surface area contributed by atoms with Gasteiger partial charge in [0.15, 0.2) is 0 Å². The van der Waals surface area contributed by atoms with Crippen molar-refractivity contribution in [3.05, 3.63) is 137 Å². The Morgan fingerprint density at radius 2 is 1.08 bits per heavy atom. The minimum Gasteiger partial charge on any atom is -0.489 e. The molecule has 0 saturated heterocycles. The van der Waals surface area contributed by atoms with Crippen LogP contribution in [0.2, 0.25) is 0 Å². The molecular weight excluding hydrogens is 440 g/mol. The van der Waals surface area contributed by atoms with Crippen LogP contribution in [-0.2, 0) is 18.6 Å². The second-order valence-corrected chi connectivity index (χ2v) is 9.99. The van der Waals surface area contributed by atoms with E-state index in [1.165, 1.54) is 59.9 Å². The summed E-state index contributed by atoms with van der Waals surface area (Å²) >= 11 is 0. The fourth-order valence-corrected chi connectivity index (χ4v) is 5.62. The van der Waals surface area contributed by atoms with Gasteiger partial charge in [-0.15, -0.1) is 0 Å². The molecule has 0 unspecified atom stereocenters. The van der Waals surface area contributed by atoms with Gasteiger partial charge < -0.3 is 9.47 Å². The monoisotopic (exact) mass is 472 g/mol. The Balaban J connectivity index is 1.16. The highest BCUT2D eigenvalue weighted by Gasteiger charge is 2.45. The van der Waals surface area contributed by atoms with E-state index in [0.29, 0.717) is 13.2 Å². The molecule has 0 heterocycles. The van der Waals surface area contributed by atoms with Crippen LogP contribution >= 0.6 is 0 Å². The van der Waals surface area contributed by atoms with E-state index in [9.17, 15) is 0 Å². The van der Waals surface area contributed by atoms with Gasteiger partial charge in [0, 0.05) is 5.41 Å². The minimum absolute atomic E-state index is 0.202. The van der Waals surface area contributed by atoms with Crippen LogP contribution in [0.5, 0.6) is 11.5 Å². The summed E-state index contributed by atoms with van der Waals surface area (Å²) in [5, 5.41) is 0. The molecule has 0 spiro atoms. The molecule has 0 bridgehead atoms. The van der Waals surface area contributed by atoms with Crippen LogP contribution in [0.3, 0.4) is 0 Å². The van der Waals surface area contributed by atoms with Crippen molar-refractivity contribution in [3.63, 3.8) is 0 Å². The molecule has 4 aromatic rings. The average molecular weight is 473 g/mol. The molecule has 4 aromatic carbocycles. The van der Waals surface area contributed by atoms with Gasteiger partial charge >= 0.3 is 0 Å². The van der Waals surface area contributed by atoms with Crippen molar-refractivity contribution in [2.75, 3.05) is 0 Å². The molecule has 180 valence electrons. The lowest BCUT2D eigenvalue weighted by atomic mass is 9.55. The maximum absolute atomic E-state index is 6.04. The molecule has 6 rings (SSSR count). The van der Waals surface area contributed by atoms with Gasteiger partial charge in [-0.25, -0.2) is 0 Å². The van der Waals surface area contributed by atoms with Crippen molar-refractivity contribution in [2.45, 2.75) is 50.7 Å². The Kier molecular flexibility index (Phi) is 6.34. The highest BCUT2D eigenvalue weighted by atomic mass is 16.5. The van der Waals surface area contributed by atoms with Gasteiger partial charge in [-0.3, -0.25) is 0 Å². The zero-order valence-corrected chi connectivity index (χ0v) is 20.7. The number of hydrogen-bond donors (Lipinski definition) is 0. The lowest BCUT2D eigenvalue weighted by Gasteiger charge is -2.49. The quantitative estimate of drug-likeness (QED) is 0.243. The zero-order valence-electron chi connectivity index (χ0n) is 20.7. The molecule has 1 saturated carbocycles. The predicted molar refractivity (Wildman–Crippen MR) is 146 cm³/mol. The van der Waals surface area contributed by atoms with E-state index in [2.05, 4.69) is 84.9 Å². The Morgan fingerprint density at radius 1 is 0.556 bits per heavy atom. The van der Waals surface area contributed by atoms with Crippen LogP contribution in [0.15, 0.2) is 115 Å². The van der Waals surface area contributed by atoms with Crippen LogP contribution in [-0.4, -0.2) is 0 Å². The molecule has 0 amide bonds. The molecule has 0 aliphatic heterocycles. The average Bonchev–Trinajstić information content (AvgIpc) is 2.90. The Bertz CT molecular complexity index is 1320. The summed E-state index contributed by atoms with van der Waals surface area (Å²) in [6.07, 6.45) is 6.16. The zero-order chi connectivity index (χ0) is 24.2. The molecule has 2 aliphatic carbocycles. The third-order valence-electron chi connectivity index (χ3n) is 7.88. The lowest BCUT2D eigenvalue weighted by Crippen LogP contribution is -2.39. The van der Waals surface area contributed by atoms with Crippen LogP contribution in [0.25, 0.3) is 5.57 Å². The SMILES string of the molecule is c1ccc(COc2ccc(C3=C(C4(c5ccc(OCc6ccccc6)cc5)CCC4)CC3)cc2)cc1. The summed E-state index contributed by atoms with van der Waals surface area (Å²) in [7, 11) is 0. The van der Waals surface area contributed by atoms with Gasteiger partial charge in [0.2, 0.25) is 0 Å². The molecule has 0 atom stereocenters. The van der Waals surface area contributed by atoms with Crippen LogP contribution < -0.4 is 9.47 Å². The maximum Gasteiger partial charge on any atom is 0.119 e. The highest BCUT2D eigenvalue weighted by molar-refractivity contribution is 5.77. The first-order valence-electron chi connectivity index (χ1n) is 13.1. The number of hydrogen-bond acceptors (Lipinski definition) is 2. The second-order valence-electron chi connectivity index (χ2n) is 9.99. The van der Waals surface area contributed by atoms with E-state index in [1.54, 1.807) is 5.57 Å². The Hall–Kier alpha value is -3.78. The van der Waals surface area contributed by atoms with Gasteiger partial charge in [-0.1, -0.05) is 96.9 Å². The first kappa shape index (κ1) is 22.7. The van der Waals surface area contributed by atoms with Crippen molar-refractivity contribution >= 4 is 5.57 Å². The smallest absolute Gasteiger partial charge is 0.119 e. The predicted octanol–water partition coefficient (Wildman–Crippen LogP) is 8.51. The normalized spacial score (nSPS) is 16.1. The van der Waals surface area contributed by atoms with Crippen molar-refractivity contribution in [1.29, 1.82) is 0 Å². The molecule has 1 fully saturated rings. The van der Waals surface area contributed by atoms with Crippen molar-refractivity contribution in [2.24, 2.45) is 0 Å². The van der Waals surface area contributed by atoms with Gasteiger partial charge in [0.25, 0.3) is 0 Å². The molecule has 36 heavy (non-hydrogen) atoms.